The molecule has 0 aliphatic heterocycles. The molecule has 1 heterocycles. The first-order valence-corrected chi connectivity index (χ1v) is 4.09. The van der Waals surface area contributed by atoms with Gasteiger partial charge >= 0.3 is 0 Å². The number of nitrogens with zero attached hydrogens (tertiary/aromatic N) is 3. The lowest BCUT2D eigenvalue weighted by atomic mass is 10.5. The molecule has 1 rings (SSSR count). The van der Waals surface area contributed by atoms with E-state index >= 15 is 0 Å². The highest BCUT2D eigenvalue weighted by Gasteiger charge is 2.01. The number of rotatable bonds is 4. The van der Waals surface area contributed by atoms with E-state index in [-0.39, 0.29) is 0 Å². The molecule has 68 valence electrons. The molecule has 12 heavy (non-hydrogen) atoms. The van der Waals surface area contributed by atoms with Crippen LogP contribution in [-0.2, 0) is 6.54 Å². The first-order valence-electron chi connectivity index (χ1n) is 4.09. The number of aromatic nitrogens is 2. The summed E-state index contributed by atoms with van der Waals surface area (Å²) in [6, 6.07) is 2.01. The van der Waals surface area contributed by atoms with Gasteiger partial charge in [-0.15, -0.1) is 0 Å². The largest absolute Gasteiger partial charge is 0.363 e. The minimum Gasteiger partial charge on any atom is -0.363 e. The molecule has 4 heteroatoms. The van der Waals surface area contributed by atoms with Gasteiger partial charge in [0.05, 0.1) is 12.7 Å². The van der Waals surface area contributed by atoms with Gasteiger partial charge in [0, 0.05) is 26.7 Å². The number of hydrogen-bond acceptors (Lipinski definition) is 3. The maximum atomic E-state index is 4.21. The van der Waals surface area contributed by atoms with Gasteiger partial charge < -0.3 is 10.2 Å². The average molecular weight is 168 g/mol. The third-order valence-electron chi connectivity index (χ3n) is 1.73. The molecule has 0 unspecified atom stereocenters. The zero-order valence-electron chi connectivity index (χ0n) is 7.91. The van der Waals surface area contributed by atoms with Gasteiger partial charge in [0.1, 0.15) is 5.82 Å². The number of hydrogen-bond donors (Lipinski definition) is 1. The van der Waals surface area contributed by atoms with E-state index in [2.05, 4.69) is 15.3 Å². The topological polar surface area (TPSA) is 33.1 Å². The van der Waals surface area contributed by atoms with Crippen LogP contribution in [0.2, 0.25) is 0 Å². The van der Waals surface area contributed by atoms with Gasteiger partial charge in [-0.2, -0.15) is 5.10 Å². The molecule has 0 saturated heterocycles. The first-order chi connectivity index (χ1) is 5.75. The van der Waals surface area contributed by atoms with Crippen molar-refractivity contribution in [2.75, 3.05) is 32.6 Å². The molecular formula is C8H16N4. The summed E-state index contributed by atoms with van der Waals surface area (Å²) >= 11 is 0. The molecule has 0 aliphatic rings. The third-order valence-corrected chi connectivity index (χ3v) is 1.73. The van der Waals surface area contributed by atoms with Crippen LogP contribution in [0.3, 0.4) is 0 Å². The summed E-state index contributed by atoms with van der Waals surface area (Å²) in [6.07, 6.45) is 1.82. The van der Waals surface area contributed by atoms with E-state index < -0.39 is 0 Å². The minimum atomic E-state index is 0.914. The summed E-state index contributed by atoms with van der Waals surface area (Å²) in [5, 5.41) is 7.30. The Balaban J connectivity index is 2.64. The minimum absolute atomic E-state index is 0.914. The second-order valence-corrected chi connectivity index (χ2v) is 2.91. The molecule has 0 amide bonds. The maximum Gasteiger partial charge on any atom is 0.126 e. The van der Waals surface area contributed by atoms with Gasteiger partial charge in [0.25, 0.3) is 0 Å². The summed E-state index contributed by atoms with van der Waals surface area (Å²) in [6.45, 7) is 1.86. The monoisotopic (exact) mass is 168 g/mol. The lowest BCUT2D eigenvalue weighted by Gasteiger charge is -2.14. The lowest BCUT2D eigenvalue weighted by molar-refractivity contribution is 0.583. The van der Waals surface area contributed by atoms with Gasteiger partial charge in [-0.1, -0.05) is 0 Å². The van der Waals surface area contributed by atoms with Crippen LogP contribution < -0.4 is 10.2 Å². The van der Waals surface area contributed by atoms with Crippen LogP contribution in [-0.4, -0.2) is 37.5 Å². The first kappa shape index (κ1) is 9.06. The molecule has 0 aliphatic carbocycles. The molecule has 4 nitrogen and oxygen atoms in total. The van der Waals surface area contributed by atoms with Crippen molar-refractivity contribution in [2.24, 2.45) is 0 Å². The van der Waals surface area contributed by atoms with Crippen molar-refractivity contribution >= 4 is 5.82 Å². The molecule has 0 saturated carbocycles. The average Bonchev–Trinajstić information content (AvgIpc) is 2.48. The Kier molecular flexibility index (Phi) is 3.10. The molecule has 0 fully saturated rings. The van der Waals surface area contributed by atoms with Crippen molar-refractivity contribution in [2.45, 2.75) is 6.54 Å². The Bertz CT molecular complexity index is 229. The predicted molar refractivity (Wildman–Crippen MR) is 50.5 cm³/mol. The summed E-state index contributed by atoms with van der Waals surface area (Å²) < 4.78 is 1.98. The highest BCUT2D eigenvalue weighted by Crippen LogP contribution is 2.08. The Morgan fingerprint density at radius 3 is 2.92 bits per heavy atom. The summed E-state index contributed by atoms with van der Waals surface area (Å²) in [4.78, 5) is 2.06. The number of nitrogens with one attached hydrogen (secondary N) is 1. The van der Waals surface area contributed by atoms with Crippen LogP contribution in [0.1, 0.15) is 0 Å². The second kappa shape index (κ2) is 4.11. The SMILES string of the molecule is CNCCn1nccc1N(C)C. The Morgan fingerprint density at radius 1 is 1.58 bits per heavy atom. The van der Waals surface area contributed by atoms with Gasteiger partial charge in [0.2, 0.25) is 0 Å². The zero-order chi connectivity index (χ0) is 8.97. The molecule has 1 aromatic heterocycles. The molecule has 0 aromatic carbocycles. The number of anilines is 1. The van der Waals surface area contributed by atoms with Crippen LogP contribution in [0.15, 0.2) is 12.3 Å². The van der Waals surface area contributed by atoms with Crippen LogP contribution >= 0.6 is 0 Å². The Morgan fingerprint density at radius 2 is 2.33 bits per heavy atom. The van der Waals surface area contributed by atoms with Crippen LogP contribution in [0.5, 0.6) is 0 Å². The smallest absolute Gasteiger partial charge is 0.126 e. The van der Waals surface area contributed by atoms with Gasteiger partial charge in [-0.05, 0) is 7.05 Å². The van der Waals surface area contributed by atoms with Gasteiger partial charge in [-0.3, -0.25) is 0 Å². The molecule has 0 atom stereocenters. The lowest BCUT2D eigenvalue weighted by Crippen LogP contribution is -2.20. The van der Waals surface area contributed by atoms with Crippen molar-refractivity contribution in [3.63, 3.8) is 0 Å². The highest BCUT2D eigenvalue weighted by molar-refractivity contribution is 5.35. The molecule has 1 N–H and O–H groups in total. The van der Waals surface area contributed by atoms with Crippen molar-refractivity contribution in [1.82, 2.24) is 15.1 Å². The molecule has 0 radical (unpaired) electrons. The fourth-order valence-electron chi connectivity index (χ4n) is 1.10. The van der Waals surface area contributed by atoms with Crippen molar-refractivity contribution in [1.29, 1.82) is 0 Å². The van der Waals surface area contributed by atoms with Crippen LogP contribution in [0.25, 0.3) is 0 Å². The normalized spacial score (nSPS) is 10.2. The molecule has 0 spiro atoms. The maximum absolute atomic E-state index is 4.21. The van der Waals surface area contributed by atoms with E-state index in [0.29, 0.717) is 0 Å². The van der Waals surface area contributed by atoms with E-state index in [1.165, 1.54) is 0 Å². The van der Waals surface area contributed by atoms with Gasteiger partial charge in [-0.25, -0.2) is 4.68 Å². The van der Waals surface area contributed by atoms with Crippen LogP contribution in [0, 0.1) is 0 Å². The van der Waals surface area contributed by atoms with E-state index in [1.54, 1.807) is 0 Å². The Hall–Kier alpha value is -1.03. The van der Waals surface area contributed by atoms with Crippen molar-refractivity contribution in [3.8, 4) is 0 Å². The standard InChI is InChI=1S/C8H16N4/c1-9-6-7-12-8(11(2)3)4-5-10-12/h4-5,9H,6-7H2,1-3H3. The summed E-state index contributed by atoms with van der Waals surface area (Å²) in [7, 11) is 5.98. The van der Waals surface area contributed by atoms with Crippen molar-refractivity contribution < 1.29 is 0 Å². The molecular weight excluding hydrogens is 152 g/mol. The fraction of sp³-hybridized carbons (Fsp3) is 0.625. The Labute approximate surface area is 73.2 Å². The van der Waals surface area contributed by atoms with Gasteiger partial charge in [0.15, 0.2) is 0 Å². The van der Waals surface area contributed by atoms with E-state index in [9.17, 15) is 0 Å². The second-order valence-electron chi connectivity index (χ2n) is 2.91. The quantitative estimate of drug-likeness (QED) is 0.695. The number of likely N-dealkylation sites (N-methyl/N-ethyl adjacent to an activating group) is 1. The predicted octanol–water partition coefficient (Wildman–Crippen LogP) is 0.168. The van der Waals surface area contributed by atoms with E-state index in [1.807, 2.05) is 38.1 Å². The molecule has 1 aromatic rings. The fourth-order valence-corrected chi connectivity index (χ4v) is 1.10. The van der Waals surface area contributed by atoms with E-state index in [0.717, 1.165) is 18.9 Å². The highest BCUT2D eigenvalue weighted by atomic mass is 15.4. The zero-order valence-corrected chi connectivity index (χ0v) is 7.91. The van der Waals surface area contributed by atoms with Crippen LogP contribution in [0.4, 0.5) is 5.82 Å². The third kappa shape index (κ3) is 1.98. The van der Waals surface area contributed by atoms with Crippen molar-refractivity contribution in [3.05, 3.63) is 12.3 Å². The summed E-state index contributed by atoms with van der Waals surface area (Å²) in [5.74, 6) is 1.14. The molecule has 0 bridgehead atoms. The summed E-state index contributed by atoms with van der Waals surface area (Å²) in [5.41, 5.74) is 0. The van der Waals surface area contributed by atoms with E-state index in [4.69, 9.17) is 0 Å².